The molecule has 0 radical (unpaired) electrons. The molecule has 0 bridgehead atoms. The summed E-state index contributed by atoms with van der Waals surface area (Å²) in [6.45, 7) is 5.87. The Morgan fingerprint density at radius 1 is 0.636 bits per heavy atom. The van der Waals surface area contributed by atoms with Gasteiger partial charge in [-0.1, -0.05) is 111 Å². The third-order valence-electron chi connectivity index (χ3n) is 3.63. The fourth-order valence-corrected chi connectivity index (χ4v) is 2.26. The molecule has 0 aliphatic heterocycles. The first-order chi connectivity index (χ1) is 10.8. The van der Waals surface area contributed by atoms with Gasteiger partial charge >= 0.3 is 0 Å². The Labute approximate surface area is 133 Å². The van der Waals surface area contributed by atoms with E-state index in [0.29, 0.717) is 5.92 Å². The minimum absolute atomic E-state index is 0.484. The maximum absolute atomic E-state index is 3.63. The first-order valence-corrected chi connectivity index (χ1v) is 7.58. The number of rotatable bonds is 3. The van der Waals surface area contributed by atoms with Gasteiger partial charge in [0.2, 0.25) is 0 Å². The van der Waals surface area contributed by atoms with Crippen LogP contribution in [-0.4, -0.2) is 0 Å². The summed E-state index contributed by atoms with van der Waals surface area (Å²) in [5, 5.41) is 0. The van der Waals surface area contributed by atoms with Crippen LogP contribution in [0.3, 0.4) is 0 Å². The van der Waals surface area contributed by atoms with Crippen molar-refractivity contribution < 1.29 is 0 Å². The van der Waals surface area contributed by atoms with Gasteiger partial charge in [0.05, 0.1) is 0 Å². The van der Waals surface area contributed by atoms with Crippen molar-refractivity contribution >= 4 is 6.08 Å². The van der Waals surface area contributed by atoms with Crippen LogP contribution in [0, 0.1) is 0 Å². The van der Waals surface area contributed by atoms with E-state index in [1.54, 1.807) is 0 Å². The zero-order valence-electron chi connectivity index (χ0n) is 13.0. The second-order valence-corrected chi connectivity index (χ2v) is 5.16. The molecule has 0 saturated carbocycles. The molecule has 110 valence electrons. The Balaban J connectivity index is 0.000000188. The molecule has 0 heteroatoms. The van der Waals surface area contributed by atoms with Gasteiger partial charge in [-0.05, 0) is 16.7 Å². The number of hydrogen-bond acceptors (Lipinski definition) is 0. The molecule has 0 nitrogen and oxygen atoms in total. The summed E-state index contributed by atoms with van der Waals surface area (Å²) >= 11 is 0. The quantitative estimate of drug-likeness (QED) is 0.540. The summed E-state index contributed by atoms with van der Waals surface area (Å²) in [6, 6.07) is 31.2. The van der Waals surface area contributed by atoms with E-state index in [9.17, 15) is 0 Å². The normalized spacial score (nSPS) is 9.73. The van der Waals surface area contributed by atoms with Crippen LogP contribution in [0.5, 0.6) is 0 Å². The molecule has 0 saturated heterocycles. The first kappa shape index (κ1) is 15.8. The molecule has 0 amide bonds. The molecule has 0 fully saturated rings. The van der Waals surface area contributed by atoms with Crippen molar-refractivity contribution in [1.29, 1.82) is 0 Å². The van der Waals surface area contributed by atoms with Crippen LogP contribution in [0.25, 0.3) is 6.08 Å². The Morgan fingerprint density at radius 3 is 1.32 bits per heavy atom. The summed E-state index contributed by atoms with van der Waals surface area (Å²) < 4.78 is 0. The van der Waals surface area contributed by atoms with Gasteiger partial charge in [0.25, 0.3) is 0 Å². The van der Waals surface area contributed by atoms with Crippen molar-refractivity contribution in [3.05, 3.63) is 114 Å². The zero-order valence-corrected chi connectivity index (χ0v) is 13.0. The van der Waals surface area contributed by atoms with Gasteiger partial charge in [-0.2, -0.15) is 0 Å². The second-order valence-electron chi connectivity index (χ2n) is 5.16. The minimum Gasteiger partial charge on any atom is -0.0985 e. The Morgan fingerprint density at radius 2 is 1.00 bits per heavy atom. The van der Waals surface area contributed by atoms with Gasteiger partial charge in [0, 0.05) is 5.92 Å². The van der Waals surface area contributed by atoms with Crippen molar-refractivity contribution in [3.63, 3.8) is 0 Å². The largest absolute Gasteiger partial charge is 0.0985 e. The molecule has 0 aromatic heterocycles. The van der Waals surface area contributed by atoms with E-state index in [1.807, 2.05) is 36.4 Å². The number of benzene rings is 3. The molecule has 0 unspecified atom stereocenters. The van der Waals surface area contributed by atoms with E-state index in [2.05, 4.69) is 74.2 Å². The van der Waals surface area contributed by atoms with Gasteiger partial charge in [-0.25, -0.2) is 0 Å². The lowest BCUT2D eigenvalue weighted by Crippen LogP contribution is -1.94. The van der Waals surface area contributed by atoms with Crippen molar-refractivity contribution in [2.45, 2.75) is 12.8 Å². The Hall–Kier alpha value is -2.60. The van der Waals surface area contributed by atoms with E-state index < -0.39 is 0 Å². The highest BCUT2D eigenvalue weighted by Crippen LogP contribution is 2.22. The van der Waals surface area contributed by atoms with Crippen LogP contribution < -0.4 is 0 Å². The summed E-state index contributed by atoms with van der Waals surface area (Å²) in [6.07, 6.45) is 1.83. The predicted octanol–water partition coefficient (Wildman–Crippen LogP) is 6.17. The smallest absolute Gasteiger partial charge is 0.00610 e. The van der Waals surface area contributed by atoms with Crippen LogP contribution in [0.2, 0.25) is 0 Å². The van der Waals surface area contributed by atoms with Crippen LogP contribution in [0.15, 0.2) is 97.6 Å². The summed E-state index contributed by atoms with van der Waals surface area (Å²) in [5.41, 5.74) is 3.92. The first-order valence-electron chi connectivity index (χ1n) is 7.58. The van der Waals surface area contributed by atoms with Crippen LogP contribution in [-0.2, 0) is 0 Å². The van der Waals surface area contributed by atoms with Crippen molar-refractivity contribution in [2.75, 3.05) is 0 Å². The van der Waals surface area contributed by atoms with E-state index in [1.165, 1.54) is 16.7 Å². The molecular weight excluding hydrogens is 264 g/mol. The lowest BCUT2D eigenvalue weighted by molar-refractivity contribution is 0.922. The molecule has 0 atom stereocenters. The van der Waals surface area contributed by atoms with Gasteiger partial charge in [-0.3, -0.25) is 0 Å². The molecule has 3 rings (SSSR count). The van der Waals surface area contributed by atoms with Crippen molar-refractivity contribution in [3.8, 4) is 0 Å². The van der Waals surface area contributed by atoms with Gasteiger partial charge in [0.15, 0.2) is 0 Å². The molecule has 22 heavy (non-hydrogen) atoms. The van der Waals surface area contributed by atoms with Crippen LogP contribution in [0.4, 0.5) is 0 Å². The SMILES string of the molecule is C=Cc1ccccc1.CC(c1ccccc1)c1ccccc1. The van der Waals surface area contributed by atoms with Crippen LogP contribution >= 0.6 is 0 Å². The molecule has 0 aliphatic carbocycles. The summed E-state index contributed by atoms with van der Waals surface area (Å²) in [4.78, 5) is 0. The molecular formula is C22H22. The summed E-state index contributed by atoms with van der Waals surface area (Å²) in [7, 11) is 0. The molecule has 3 aromatic rings. The maximum Gasteiger partial charge on any atom is 0.00610 e. The summed E-state index contributed by atoms with van der Waals surface area (Å²) in [5.74, 6) is 0.484. The van der Waals surface area contributed by atoms with E-state index in [-0.39, 0.29) is 0 Å². The topological polar surface area (TPSA) is 0 Å². The van der Waals surface area contributed by atoms with Gasteiger partial charge < -0.3 is 0 Å². The Bertz CT molecular complexity index is 615. The number of hydrogen-bond donors (Lipinski definition) is 0. The van der Waals surface area contributed by atoms with E-state index in [4.69, 9.17) is 0 Å². The molecule has 3 aromatic carbocycles. The highest BCUT2D eigenvalue weighted by molar-refractivity contribution is 5.45. The third kappa shape index (κ3) is 4.75. The highest BCUT2D eigenvalue weighted by Gasteiger charge is 2.05. The standard InChI is InChI=1S/C14H14.C8H8/c1-12(13-8-4-2-5-9-13)14-10-6-3-7-11-14;1-2-8-6-4-3-5-7-8/h2-12H,1H3;2-7H,1H2. The molecule has 0 N–H and O–H groups in total. The molecule has 0 spiro atoms. The predicted molar refractivity (Wildman–Crippen MR) is 96.9 cm³/mol. The average Bonchev–Trinajstić information content (AvgIpc) is 2.64. The lowest BCUT2D eigenvalue weighted by Gasteiger charge is -2.11. The maximum atomic E-state index is 3.63. The van der Waals surface area contributed by atoms with E-state index >= 15 is 0 Å². The average molecular weight is 286 g/mol. The van der Waals surface area contributed by atoms with E-state index in [0.717, 1.165) is 0 Å². The fraction of sp³-hybridized carbons (Fsp3) is 0.0909. The second kappa shape index (κ2) is 8.63. The molecule has 0 aliphatic rings. The monoisotopic (exact) mass is 286 g/mol. The van der Waals surface area contributed by atoms with Crippen molar-refractivity contribution in [1.82, 2.24) is 0 Å². The third-order valence-corrected chi connectivity index (χ3v) is 3.63. The highest BCUT2D eigenvalue weighted by atomic mass is 14.1. The lowest BCUT2D eigenvalue weighted by atomic mass is 9.93. The van der Waals surface area contributed by atoms with Gasteiger partial charge in [0.1, 0.15) is 0 Å². The van der Waals surface area contributed by atoms with Crippen molar-refractivity contribution in [2.24, 2.45) is 0 Å². The van der Waals surface area contributed by atoms with Crippen LogP contribution in [0.1, 0.15) is 29.5 Å². The van der Waals surface area contributed by atoms with Gasteiger partial charge in [-0.15, -0.1) is 0 Å². The Kier molecular flexibility index (Phi) is 6.19. The zero-order chi connectivity index (χ0) is 15.6. The fourth-order valence-electron chi connectivity index (χ4n) is 2.26. The minimum atomic E-state index is 0.484. The molecule has 0 heterocycles.